The molecule has 0 heterocycles. The molecule has 0 aliphatic rings. The average molecular weight is 285 g/mol. The van der Waals surface area contributed by atoms with E-state index < -0.39 is 24.5 Å². The molecule has 0 aliphatic heterocycles. The van der Waals surface area contributed by atoms with Crippen LogP contribution in [0.3, 0.4) is 0 Å². The van der Waals surface area contributed by atoms with Gasteiger partial charge < -0.3 is 10.2 Å². The number of benzene rings is 2. The Morgan fingerprint density at radius 3 is 1.95 bits per heavy atom. The van der Waals surface area contributed by atoms with Gasteiger partial charge in [0.2, 0.25) is 0 Å². The molecule has 2 rings (SSSR count). The molecule has 1 amide bonds. The predicted octanol–water partition coefficient (Wildman–Crippen LogP) is 1.78. The zero-order valence-corrected chi connectivity index (χ0v) is 11.2. The van der Waals surface area contributed by atoms with Crippen LogP contribution in [0.4, 0.5) is 5.69 Å². The number of aliphatic hydroxyl groups excluding tert-OH is 1. The molecular weight excluding hydrogens is 270 g/mol. The van der Waals surface area contributed by atoms with E-state index in [1.165, 1.54) is 0 Å². The number of nitrogens with zero attached hydrogens (tertiary/aromatic N) is 1. The topological polar surface area (TPSA) is 77.8 Å². The van der Waals surface area contributed by atoms with Crippen molar-refractivity contribution in [1.82, 2.24) is 0 Å². The lowest BCUT2D eigenvalue weighted by atomic mass is 10.1. The van der Waals surface area contributed by atoms with Crippen molar-refractivity contribution >= 4 is 17.6 Å². The number of aliphatic carboxylic acids is 1. The number of aliphatic hydroxyl groups is 1. The van der Waals surface area contributed by atoms with Gasteiger partial charge in [-0.05, 0) is 24.3 Å². The van der Waals surface area contributed by atoms with Crippen molar-refractivity contribution in [3.63, 3.8) is 0 Å². The van der Waals surface area contributed by atoms with Crippen LogP contribution in [0.15, 0.2) is 60.7 Å². The Bertz CT molecular complexity index is 613. The van der Waals surface area contributed by atoms with Gasteiger partial charge in [0.05, 0.1) is 6.61 Å². The van der Waals surface area contributed by atoms with Crippen LogP contribution in [0.5, 0.6) is 0 Å². The van der Waals surface area contributed by atoms with Gasteiger partial charge in [-0.1, -0.05) is 36.4 Å². The van der Waals surface area contributed by atoms with Gasteiger partial charge in [0.25, 0.3) is 5.91 Å². The smallest absolute Gasteiger partial charge is 0.329 e. The van der Waals surface area contributed by atoms with Gasteiger partial charge in [-0.3, -0.25) is 9.69 Å². The van der Waals surface area contributed by atoms with Gasteiger partial charge in [0, 0.05) is 11.3 Å². The van der Waals surface area contributed by atoms with E-state index in [1.54, 1.807) is 60.7 Å². The maximum Gasteiger partial charge on any atom is 0.329 e. The summed E-state index contributed by atoms with van der Waals surface area (Å²) in [6.45, 7) is -0.664. The van der Waals surface area contributed by atoms with Gasteiger partial charge >= 0.3 is 5.97 Å². The third-order valence-corrected chi connectivity index (χ3v) is 3.04. The van der Waals surface area contributed by atoms with E-state index >= 15 is 0 Å². The summed E-state index contributed by atoms with van der Waals surface area (Å²) in [6.07, 6.45) is 0. The number of amides is 1. The first kappa shape index (κ1) is 14.7. The lowest BCUT2D eigenvalue weighted by molar-refractivity contribution is -0.139. The van der Waals surface area contributed by atoms with Crippen molar-refractivity contribution in [3.8, 4) is 0 Å². The third-order valence-electron chi connectivity index (χ3n) is 3.04. The van der Waals surface area contributed by atoms with Crippen LogP contribution < -0.4 is 4.90 Å². The first-order chi connectivity index (χ1) is 10.1. The van der Waals surface area contributed by atoms with E-state index in [-0.39, 0.29) is 0 Å². The lowest BCUT2D eigenvalue weighted by Gasteiger charge is -2.28. The van der Waals surface area contributed by atoms with Gasteiger partial charge in [-0.2, -0.15) is 0 Å². The van der Waals surface area contributed by atoms with E-state index in [1.807, 2.05) is 0 Å². The first-order valence-corrected chi connectivity index (χ1v) is 6.42. The molecule has 1 atom stereocenters. The fourth-order valence-electron chi connectivity index (χ4n) is 2.02. The second kappa shape index (κ2) is 6.67. The van der Waals surface area contributed by atoms with Crippen molar-refractivity contribution in [2.45, 2.75) is 6.04 Å². The average Bonchev–Trinajstić information content (AvgIpc) is 2.53. The van der Waals surface area contributed by atoms with Gasteiger partial charge in [0.15, 0.2) is 6.04 Å². The highest BCUT2D eigenvalue weighted by Crippen LogP contribution is 2.20. The molecule has 0 unspecified atom stereocenters. The lowest BCUT2D eigenvalue weighted by Crippen LogP contribution is -2.47. The van der Waals surface area contributed by atoms with Crippen LogP contribution in [0.2, 0.25) is 0 Å². The molecule has 0 saturated heterocycles. The molecule has 0 saturated carbocycles. The highest BCUT2D eigenvalue weighted by atomic mass is 16.4. The van der Waals surface area contributed by atoms with E-state index in [2.05, 4.69) is 0 Å². The maximum absolute atomic E-state index is 12.6. The summed E-state index contributed by atoms with van der Waals surface area (Å²) in [5.41, 5.74) is 0.786. The Labute approximate surface area is 122 Å². The molecule has 2 aromatic rings. The number of hydrogen-bond acceptors (Lipinski definition) is 3. The Morgan fingerprint density at radius 2 is 1.48 bits per heavy atom. The van der Waals surface area contributed by atoms with Crippen molar-refractivity contribution in [2.75, 3.05) is 11.5 Å². The van der Waals surface area contributed by atoms with Crippen LogP contribution in [0.25, 0.3) is 0 Å². The van der Waals surface area contributed by atoms with Crippen molar-refractivity contribution in [3.05, 3.63) is 66.2 Å². The van der Waals surface area contributed by atoms with Gasteiger partial charge in [-0.15, -0.1) is 0 Å². The molecule has 2 aromatic carbocycles. The Kier molecular flexibility index (Phi) is 4.68. The van der Waals surface area contributed by atoms with Crippen molar-refractivity contribution in [2.24, 2.45) is 0 Å². The number of rotatable bonds is 5. The summed E-state index contributed by atoms with van der Waals surface area (Å²) in [6, 6.07) is 15.5. The number of carbonyl (C=O) groups is 2. The normalized spacial score (nSPS) is 11.7. The van der Waals surface area contributed by atoms with Gasteiger partial charge in [0.1, 0.15) is 0 Å². The molecule has 5 heteroatoms. The van der Waals surface area contributed by atoms with Crippen LogP contribution in [0.1, 0.15) is 10.4 Å². The summed E-state index contributed by atoms with van der Waals surface area (Å²) in [7, 11) is 0. The number of para-hydroxylation sites is 1. The molecule has 0 fully saturated rings. The van der Waals surface area contributed by atoms with E-state index in [0.717, 1.165) is 4.90 Å². The number of carboxylic acids is 1. The van der Waals surface area contributed by atoms with Crippen LogP contribution in [-0.4, -0.2) is 34.7 Å². The quantitative estimate of drug-likeness (QED) is 0.877. The summed E-state index contributed by atoms with van der Waals surface area (Å²) in [4.78, 5) is 25.0. The molecule has 2 N–H and O–H groups in total. The molecular formula is C16H15NO4. The second-order valence-corrected chi connectivity index (χ2v) is 4.41. The fourth-order valence-corrected chi connectivity index (χ4v) is 2.02. The monoisotopic (exact) mass is 285 g/mol. The minimum Gasteiger partial charge on any atom is -0.480 e. The Morgan fingerprint density at radius 1 is 0.952 bits per heavy atom. The van der Waals surface area contributed by atoms with E-state index in [0.29, 0.717) is 11.3 Å². The Hall–Kier alpha value is -2.66. The number of carboxylic acid groups (broad SMARTS) is 1. The SMILES string of the molecule is O=C(O)[C@H](CO)N(C(=O)c1ccccc1)c1ccccc1. The standard InChI is InChI=1S/C16H15NO4/c18-11-14(16(20)21)17(13-9-5-2-6-10-13)15(19)12-7-3-1-4-8-12/h1-10,14,18H,11H2,(H,20,21)/t14-/m0/s1. The number of anilines is 1. The maximum atomic E-state index is 12.6. The number of carbonyl (C=O) groups excluding carboxylic acids is 1. The highest BCUT2D eigenvalue weighted by molar-refractivity contribution is 6.09. The van der Waals surface area contributed by atoms with Crippen LogP contribution in [0, 0.1) is 0 Å². The van der Waals surface area contributed by atoms with Gasteiger partial charge in [-0.25, -0.2) is 4.79 Å². The third kappa shape index (κ3) is 3.27. The van der Waals surface area contributed by atoms with Crippen LogP contribution >= 0.6 is 0 Å². The molecule has 0 aromatic heterocycles. The highest BCUT2D eigenvalue weighted by Gasteiger charge is 2.31. The minimum absolute atomic E-state index is 0.362. The molecule has 0 bridgehead atoms. The molecule has 5 nitrogen and oxygen atoms in total. The Balaban J connectivity index is 2.46. The largest absolute Gasteiger partial charge is 0.480 e. The summed E-state index contributed by atoms with van der Waals surface area (Å²) in [5, 5.41) is 18.6. The molecule has 0 radical (unpaired) electrons. The van der Waals surface area contributed by atoms with Crippen molar-refractivity contribution < 1.29 is 19.8 Å². The molecule has 108 valence electrons. The fraction of sp³-hybridized carbons (Fsp3) is 0.125. The molecule has 0 spiro atoms. The second-order valence-electron chi connectivity index (χ2n) is 4.41. The summed E-state index contributed by atoms with van der Waals surface area (Å²) in [5.74, 6) is -1.73. The predicted molar refractivity (Wildman–Crippen MR) is 78.2 cm³/mol. The zero-order chi connectivity index (χ0) is 15.2. The molecule has 21 heavy (non-hydrogen) atoms. The van der Waals surface area contributed by atoms with Crippen LogP contribution in [-0.2, 0) is 4.79 Å². The van der Waals surface area contributed by atoms with E-state index in [9.17, 15) is 19.8 Å². The summed E-state index contributed by atoms with van der Waals surface area (Å²) >= 11 is 0. The first-order valence-electron chi connectivity index (χ1n) is 6.42. The minimum atomic E-state index is -1.33. The van der Waals surface area contributed by atoms with Crippen molar-refractivity contribution in [1.29, 1.82) is 0 Å². The zero-order valence-electron chi connectivity index (χ0n) is 11.2. The summed E-state index contributed by atoms with van der Waals surface area (Å²) < 4.78 is 0. The molecule has 0 aliphatic carbocycles. The van der Waals surface area contributed by atoms with E-state index in [4.69, 9.17) is 0 Å². The number of hydrogen-bond donors (Lipinski definition) is 2.